The summed E-state index contributed by atoms with van der Waals surface area (Å²) < 4.78 is 33.7. The van der Waals surface area contributed by atoms with Crippen LogP contribution in [0, 0.1) is 59.7 Å². The lowest BCUT2D eigenvalue weighted by Gasteiger charge is -2.17. The van der Waals surface area contributed by atoms with Crippen LogP contribution in [0.5, 0.6) is 0 Å². The quantitative estimate of drug-likeness (QED) is 0.122. The molecule has 0 radical (unpaired) electrons. The van der Waals surface area contributed by atoms with E-state index in [9.17, 15) is 0 Å². The highest BCUT2D eigenvalue weighted by Crippen LogP contribution is 2.28. The van der Waals surface area contributed by atoms with Crippen molar-refractivity contribution in [1.29, 1.82) is 0 Å². The van der Waals surface area contributed by atoms with Crippen molar-refractivity contribution in [2.75, 3.05) is 0 Å². The topological polar surface area (TPSA) is 19.4 Å². The standard InChI is InChI=1S/C18H24N.C17H22N.C16H20N.2C15H18N/c1-14-8-6-7-9-16(14)17-11-10-15(13-19(17)5)12-18(2,3)4;1-13(2)11-15-9-10-17(18(4)12-15)16-8-6-5-7-14(16)3;1-11-8-6-7-9-15(11)16-14(4)13(3)12(2)10-17(16)5;1-12(2)14-9-10-15(16(3)11-14)13-7-5-4-6-8-13;1-4-13-9-10-15(16(3)11-13)14-8-6-5-7-12(14)2/h6-11,13H,12H2,1-5H3;5-10,12-13H,11H2,1-4H3;6-10H,1-5H3;4-12H,1-3H3;5-11H,4H2,1-3H3/q5*+1/i;;2D3;;. The van der Waals surface area contributed by atoms with E-state index in [1.165, 1.54) is 89.5 Å². The Labute approximate surface area is 524 Å². The van der Waals surface area contributed by atoms with Crippen LogP contribution in [0.4, 0.5) is 0 Å². The van der Waals surface area contributed by atoms with Crippen LogP contribution in [0.2, 0.25) is 0 Å². The second kappa shape index (κ2) is 31.3. The van der Waals surface area contributed by atoms with Crippen molar-refractivity contribution in [1.82, 2.24) is 0 Å². The summed E-state index contributed by atoms with van der Waals surface area (Å²) in [6, 6.07) is 62.1. The first-order chi connectivity index (χ1) is 42.1. The van der Waals surface area contributed by atoms with Gasteiger partial charge >= 0.3 is 0 Å². The monoisotopic (exact) mass is 1150 g/mol. The Hall–Kier alpha value is -8.15. The molecule has 0 aliphatic heterocycles. The number of nitrogens with zero attached hydrogens (tertiary/aromatic N) is 5. The molecule has 0 saturated heterocycles. The molecule has 86 heavy (non-hydrogen) atoms. The van der Waals surface area contributed by atoms with Crippen molar-refractivity contribution in [2.24, 2.45) is 46.6 Å². The molecule has 5 nitrogen and oxygen atoms in total. The molecule has 446 valence electrons. The van der Waals surface area contributed by atoms with Gasteiger partial charge in [0.05, 0.1) is 0 Å². The Bertz CT molecular complexity index is 3940. The number of aryl methyl sites for hydroxylation is 11. The van der Waals surface area contributed by atoms with E-state index in [0.717, 1.165) is 41.6 Å². The van der Waals surface area contributed by atoms with E-state index in [-0.39, 0.29) is 0 Å². The van der Waals surface area contributed by atoms with E-state index in [1.54, 1.807) is 6.20 Å². The van der Waals surface area contributed by atoms with Gasteiger partial charge < -0.3 is 0 Å². The minimum Gasteiger partial charge on any atom is -0.201 e. The summed E-state index contributed by atoms with van der Waals surface area (Å²) in [6.45, 7) is 28.3. The fraction of sp³-hybridized carbons (Fsp3) is 0.321. The van der Waals surface area contributed by atoms with Gasteiger partial charge in [0.15, 0.2) is 31.0 Å². The highest BCUT2D eigenvalue weighted by Gasteiger charge is 2.20. The van der Waals surface area contributed by atoms with E-state index in [1.807, 2.05) is 43.7 Å². The first-order valence-corrected chi connectivity index (χ1v) is 30.8. The summed E-state index contributed by atoms with van der Waals surface area (Å²) in [7, 11) is 10.4. The molecule has 0 fully saturated rings. The zero-order valence-electron chi connectivity index (χ0n) is 58.6. The van der Waals surface area contributed by atoms with E-state index in [2.05, 4.69) is 312 Å². The van der Waals surface area contributed by atoms with Crippen LogP contribution < -0.4 is 22.8 Å². The van der Waals surface area contributed by atoms with Crippen molar-refractivity contribution in [2.45, 2.75) is 129 Å². The number of aromatic nitrogens is 5. The van der Waals surface area contributed by atoms with Gasteiger partial charge in [0.1, 0.15) is 35.2 Å². The lowest BCUT2D eigenvalue weighted by atomic mass is 9.88. The highest BCUT2D eigenvalue weighted by atomic mass is 14.9. The molecule has 0 aliphatic rings. The third-order valence-corrected chi connectivity index (χ3v) is 15.9. The maximum Gasteiger partial charge on any atom is 0.215 e. The summed E-state index contributed by atoms with van der Waals surface area (Å²) in [5, 5.41) is 0. The maximum atomic E-state index is 7.64. The normalized spacial score (nSPS) is 11.6. The fourth-order valence-corrected chi connectivity index (χ4v) is 11.0. The molecule has 0 spiro atoms. The number of rotatable bonds is 10. The summed E-state index contributed by atoms with van der Waals surface area (Å²) in [6.07, 6.45) is 14.0. The Morgan fingerprint density at radius 2 is 0.779 bits per heavy atom. The minimum absolute atomic E-state index is 0.331. The zero-order chi connectivity index (χ0) is 65.3. The molecule has 5 heteroatoms. The van der Waals surface area contributed by atoms with Gasteiger partial charge in [-0.05, 0) is 173 Å². The first kappa shape index (κ1) is 62.4. The van der Waals surface area contributed by atoms with Crippen molar-refractivity contribution in [3.8, 4) is 56.3 Å². The van der Waals surface area contributed by atoms with E-state index in [0.29, 0.717) is 22.8 Å². The number of hydrogen-bond acceptors (Lipinski definition) is 0. The summed E-state index contributed by atoms with van der Waals surface area (Å²) >= 11 is 0. The van der Waals surface area contributed by atoms with Crippen LogP contribution in [-0.2, 0) is 54.5 Å². The Morgan fingerprint density at radius 1 is 0.384 bits per heavy atom. The molecular formula is C81H102N5+5. The highest BCUT2D eigenvalue weighted by molar-refractivity contribution is 5.66. The largest absolute Gasteiger partial charge is 0.215 e. The number of hydrogen-bond donors (Lipinski definition) is 0. The molecule has 0 unspecified atom stereocenters. The van der Waals surface area contributed by atoms with E-state index in [4.69, 9.17) is 4.11 Å². The third-order valence-electron chi connectivity index (χ3n) is 15.9. The van der Waals surface area contributed by atoms with Crippen molar-refractivity contribution in [3.05, 3.63) is 268 Å². The minimum atomic E-state index is -2.07. The third kappa shape index (κ3) is 18.7. The van der Waals surface area contributed by atoms with Crippen LogP contribution in [0.3, 0.4) is 0 Å². The molecule has 10 aromatic rings. The molecule has 5 heterocycles. The van der Waals surface area contributed by atoms with Gasteiger partial charge in [-0.25, -0.2) is 22.8 Å². The average molecular weight is 1150 g/mol. The van der Waals surface area contributed by atoms with Gasteiger partial charge in [-0.1, -0.05) is 146 Å². The average Bonchev–Trinajstić information content (AvgIpc) is 2.91. The van der Waals surface area contributed by atoms with Gasteiger partial charge in [0.2, 0.25) is 28.5 Å². The van der Waals surface area contributed by atoms with Crippen LogP contribution >= 0.6 is 0 Å². The molecule has 0 saturated carbocycles. The second-order valence-corrected chi connectivity index (χ2v) is 25.3. The maximum absolute atomic E-state index is 7.64. The Morgan fingerprint density at radius 3 is 1.19 bits per heavy atom. The van der Waals surface area contributed by atoms with Gasteiger partial charge in [0, 0.05) is 89.6 Å². The van der Waals surface area contributed by atoms with E-state index < -0.39 is 6.85 Å². The predicted octanol–water partition coefficient (Wildman–Crippen LogP) is 17.5. The predicted molar refractivity (Wildman–Crippen MR) is 364 cm³/mol. The molecule has 0 atom stereocenters. The van der Waals surface area contributed by atoms with Gasteiger partial charge in [-0.3, -0.25) is 0 Å². The van der Waals surface area contributed by atoms with Crippen molar-refractivity contribution < 1.29 is 26.9 Å². The van der Waals surface area contributed by atoms with Crippen LogP contribution in [0.25, 0.3) is 56.3 Å². The fourth-order valence-electron chi connectivity index (χ4n) is 11.0. The molecule has 5 aromatic carbocycles. The van der Waals surface area contributed by atoms with Crippen LogP contribution in [-0.4, -0.2) is 0 Å². The molecule has 5 aromatic heterocycles. The van der Waals surface area contributed by atoms with Gasteiger partial charge in [-0.15, -0.1) is 0 Å². The summed E-state index contributed by atoms with van der Waals surface area (Å²) in [4.78, 5) is 0. The zero-order valence-corrected chi connectivity index (χ0v) is 55.6. The molecule has 0 amide bonds. The lowest BCUT2D eigenvalue weighted by Crippen LogP contribution is -2.33. The molecule has 0 aliphatic carbocycles. The van der Waals surface area contributed by atoms with Crippen molar-refractivity contribution in [3.63, 3.8) is 0 Å². The van der Waals surface area contributed by atoms with Gasteiger partial charge in [0.25, 0.3) is 0 Å². The SMILES string of the molecule is CC(C)c1ccc(-c2ccccc2)[n+](C)c1.CCc1ccc(-c2ccccc2C)[n+](C)c1.Cc1ccccc1-c1ccc(CC(C)(C)C)c[n+]1C.Cc1ccccc1-c1ccc(CC(C)C)c[n+]1C.[2H]C([2H])([2H])c1c[n+](C)c(-c2ccccc2C)c(C)c1C. The smallest absolute Gasteiger partial charge is 0.201 e. The Kier molecular flexibility index (Phi) is 22.7. The number of benzene rings is 5. The number of pyridine rings is 5. The van der Waals surface area contributed by atoms with Crippen molar-refractivity contribution >= 4 is 0 Å². The van der Waals surface area contributed by atoms with Crippen LogP contribution in [0.1, 0.15) is 127 Å². The summed E-state index contributed by atoms with van der Waals surface area (Å²) in [5.74, 6) is 1.28. The van der Waals surface area contributed by atoms with E-state index >= 15 is 0 Å². The Balaban J connectivity index is 0.000000178. The first-order valence-electron chi connectivity index (χ1n) is 32.3. The second-order valence-electron chi connectivity index (χ2n) is 25.3. The molecule has 0 bridgehead atoms. The van der Waals surface area contributed by atoms with Gasteiger partial charge in [-0.2, -0.15) is 0 Å². The van der Waals surface area contributed by atoms with Crippen LogP contribution in [0.15, 0.2) is 207 Å². The summed E-state index contributed by atoms with van der Waals surface area (Å²) in [5.41, 5.74) is 25.8. The molecule has 0 N–H and O–H groups in total. The molecular weight excluding hydrogens is 1040 g/mol. The lowest BCUT2D eigenvalue weighted by molar-refractivity contribution is -0.661. The molecule has 10 rings (SSSR count).